The lowest BCUT2D eigenvalue weighted by molar-refractivity contribution is -0.136. The van der Waals surface area contributed by atoms with Crippen LogP contribution in [-0.4, -0.2) is 29.4 Å². The van der Waals surface area contributed by atoms with Gasteiger partial charge in [-0.1, -0.05) is 26.7 Å². The summed E-state index contributed by atoms with van der Waals surface area (Å²) in [4.78, 5) is 14.2. The molecular weight excluding hydrogens is 224 g/mol. The van der Waals surface area contributed by atoms with Crippen molar-refractivity contribution in [1.29, 1.82) is 0 Å². The van der Waals surface area contributed by atoms with Crippen LogP contribution in [-0.2, 0) is 4.79 Å². The van der Waals surface area contributed by atoms with Gasteiger partial charge in [0.15, 0.2) is 0 Å². The molecule has 0 spiro atoms. The summed E-state index contributed by atoms with van der Waals surface area (Å²) in [7, 11) is 0. The van der Waals surface area contributed by atoms with Crippen molar-refractivity contribution in [3.05, 3.63) is 0 Å². The number of carbonyl (C=O) groups is 1. The zero-order chi connectivity index (χ0) is 11.1. The van der Waals surface area contributed by atoms with Crippen LogP contribution < -0.4 is 5.73 Å². The van der Waals surface area contributed by atoms with Crippen LogP contribution in [0.5, 0.6) is 0 Å². The third-order valence-corrected chi connectivity index (χ3v) is 4.20. The van der Waals surface area contributed by atoms with Crippen LogP contribution in [0.3, 0.4) is 0 Å². The van der Waals surface area contributed by atoms with Crippen LogP contribution in [0.15, 0.2) is 0 Å². The van der Waals surface area contributed by atoms with Crippen molar-refractivity contribution in [3.8, 4) is 0 Å². The van der Waals surface area contributed by atoms with Crippen molar-refractivity contribution in [2.75, 3.05) is 13.1 Å². The first-order valence-corrected chi connectivity index (χ1v) is 6.11. The van der Waals surface area contributed by atoms with Crippen molar-refractivity contribution in [1.82, 2.24) is 4.90 Å². The van der Waals surface area contributed by atoms with Crippen molar-refractivity contribution in [3.63, 3.8) is 0 Å². The topological polar surface area (TPSA) is 46.3 Å². The molecule has 2 atom stereocenters. The Kier molecular flexibility index (Phi) is 4.24. The van der Waals surface area contributed by atoms with Gasteiger partial charge in [0, 0.05) is 13.1 Å². The molecule has 0 bridgehead atoms. The van der Waals surface area contributed by atoms with Crippen molar-refractivity contribution < 1.29 is 4.79 Å². The van der Waals surface area contributed by atoms with Gasteiger partial charge in [0.25, 0.3) is 0 Å². The normalized spacial score (nSPS) is 32.6. The van der Waals surface area contributed by atoms with E-state index in [0.29, 0.717) is 11.8 Å². The maximum Gasteiger partial charge on any atom is 0.242 e. The second-order valence-electron chi connectivity index (χ2n) is 5.53. The van der Waals surface area contributed by atoms with E-state index in [1.807, 2.05) is 4.90 Å². The number of hydrogen-bond acceptors (Lipinski definition) is 2. The number of halogens is 1. The Morgan fingerprint density at radius 1 is 1.19 bits per heavy atom. The second kappa shape index (κ2) is 4.92. The van der Waals surface area contributed by atoms with E-state index in [9.17, 15) is 4.79 Å². The molecule has 0 radical (unpaired) electrons. The maximum absolute atomic E-state index is 12.3. The van der Waals surface area contributed by atoms with Gasteiger partial charge in [-0.3, -0.25) is 4.79 Å². The molecule has 1 aliphatic heterocycles. The molecule has 1 aliphatic carbocycles. The SMILES string of the molecule is CC1CN(C(=O)C2(N)CCCC2)CC1C.Cl. The molecule has 2 N–H and O–H groups in total. The molecule has 1 amide bonds. The molecule has 0 aromatic rings. The molecule has 2 unspecified atom stereocenters. The zero-order valence-electron chi connectivity index (χ0n) is 10.2. The Morgan fingerprint density at radius 3 is 2.06 bits per heavy atom. The third kappa shape index (κ3) is 2.35. The highest BCUT2D eigenvalue weighted by atomic mass is 35.5. The first-order chi connectivity index (χ1) is 7.03. The molecule has 0 aromatic heterocycles. The van der Waals surface area contributed by atoms with Crippen LogP contribution in [0.1, 0.15) is 39.5 Å². The van der Waals surface area contributed by atoms with E-state index in [-0.39, 0.29) is 18.3 Å². The van der Waals surface area contributed by atoms with Crippen LogP contribution in [0.2, 0.25) is 0 Å². The Balaban J connectivity index is 0.00000128. The van der Waals surface area contributed by atoms with Crippen LogP contribution >= 0.6 is 12.4 Å². The summed E-state index contributed by atoms with van der Waals surface area (Å²) in [5.74, 6) is 1.45. The smallest absolute Gasteiger partial charge is 0.242 e. The van der Waals surface area contributed by atoms with Gasteiger partial charge >= 0.3 is 0 Å². The molecule has 1 heterocycles. The summed E-state index contributed by atoms with van der Waals surface area (Å²) in [5.41, 5.74) is 5.66. The zero-order valence-corrected chi connectivity index (χ0v) is 11.1. The predicted molar refractivity (Wildman–Crippen MR) is 67.5 cm³/mol. The number of likely N-dealkylation sites (tertiary alicyclic amines) is 1. The molecule has 2 rings (SSSR count). The van der Waals surface area contributed by atoms with Gasteiger partial charge in [-0.25, -0.2) is 0 Å². The van der Waals surface area contributed by atoms with Gasteiger partial charge in [0.1, 0.15) is 0 Å². The summed E-state index contributed by atoms with van der Waals surface area (Å²) in [6.45, 7) is 6.24. The molecule has 4 heteroatoms. The second-order valence-corrected chi connectivity index (χ2v) is 5.53. The number of carbonyl (C=O) groups excluding carboxylic acids is 1. The molecule has 1 saturated carbocycles. The highest BCUT2D eigenvalue weighted by Crippen LogP contribution is 2.32. The minimum absolute atomic E-state index is 0. The lowest BCUT2D eigenvalue weighted by atomic mass is 9.97. The monoisotopic (exact) mass is 246 g/mol. The summed E-state index contributed by atoms with van der Waals surface area (Å²) in [6, 6.07) is 0. The summed E-state index contributed by atoms with van der Waals surface area (Å²) >= 11 is 0. The molecule has 1 saturated heterocycles. The fraction of sp³-hybridized carbons (Fsp3) is 0.917. The van der Waals surface area contributed by atoms with E-state index in [2.05, 4.69) is 13.8 Å². The van der Waals surface area contributed by atoms with E-state index in [1.54, 1.807) is 0 Å². The fourth-order valence-electron chi connectivity index (χ4n) is 2.83. The van der Waals surface area contributed by atoms with Gasteiger partial charge < -0.3 is 10.6 Å². The van der Waals surface area contributed by atoms with Crippen LogP contribution in [0.4, 0.5) is 0 Å². The lowest BCUT2D eigenvalue weighted by Gasteiger charge is -2.28. The first kappa shape index (κ1) is 13.8. The summed E-state index contributed by atoms with van der Waals surface area (Å²) in [6.07, 6.45) is 3.98. The van der Waals surface area contributed by atoms with Crippen molar-refractivity contribution in [2.24, 2.45) is 17.6 Å². The number of rotatable bonds is 1. The van der Waals surface area contributed by atoms with Crippen molar-refractivity contribution >= 4 is 18.3 Å². The van der Waals surface area contributed by atoms with Gasteiger partial charge in [-0.15, -0.1) is 12.4 Å². The van der Waals surface area contributed by atoms with Crippen molar-refractivity contribution in [2.45, 2.75) is 45.1 Å². The molecular formula is C12H23ClN2O. The van der Waals surface area contributed by atoms with E-state index in [0.717, 1.165) is 38.8 Å². The predicted octanol–water partition coefficient (Wildman–Crippen LogP) is 1.79. The fourth-order valence-corrected chi connectivity index (χ4v) is 2.83. The summed E-state index contributed by atoms with van der Waals surface area (Å²) < 4.78 is 0. The standard InChI is InChI=1S/C12H22N2O.ClH/c1-9-7-14(8-10(9)2)11(15)12(13)5-3-4-6-12;/h9-10H,3-8,13H2,1-2H3;1H. The largest absolute Gasteiger partial charge is 0.341 e. The Bertz CT molecular complexity index is 254. The van der Waals surface area contributed by atoms with Crippen LogP contribution in [0.25, 0.3) is 0 Å². The molecule has 2 fully saturated rings. The quantitative estimate of drug-likeness (QED) is 0.767. The average molecular weight is 247 g/mol. The van der Waals surface area contributed by atoms with Crippen LogP contribution in [0, 0.1) is 11.8 Å². The Morgan fingerprint density at radius 2 is 1.62 bits per heavy atom. The van der Waals surface area contributed by atoms with E-state index < -0.39 is 5.54 Å². The van der Waals surface area contributed by atoms with Gasteiger partial charge in [-0.2, -0.15) is 0 Å². The lowest BCUT2D eigenvalue weighted by Crippen LogP contribution is -2.53. The number of nitrogens with zero attached hydrogens (tertiary/aromatic N) is 1. The van der Waals surface area contributed by atoms with Gasteiger partial charge in [-0.05, 0) is 24.7 Å². The Hall–Kier alpha value is -0.280. The summed E-state index contributed by atoms with van der Waals surface area (Å²) in [5, 5.41) is 0. The number of amides is 1. The molecule has 16 heavy (non-hydrogen) atoms. The minimum atomic E-state index is -0.524. The molecule has 0 aromatic carbocycles. The van der Waals surface area contributed by atoms with E-state index in [4.69, 9.17) is 5.73 Å². The molecule has 94 valence electrons. The van der Waals surface area contributed by atoms with Gasteiger partial charge in [0.2, 0.25) is 5.91 Å². The van der Waals surface area contributed by atoms with E-state index in [1.165, 1.54) is 0 Å². The molecule has 3 nitrogen and oxygen atoms in total. The average Bonchev–Trinajstić information content (AvgIpc) is 2.75. The van der Waals surface area contributed by atoms with E-state index >= 15 is 0 Å². The number of nitrogens with two attached hydrogens (primary N) is 1. The Labute approximate surface area is 104 Å². The first-order valence-electron chi connectivity index (χ1n) is 6.11. The highest BCUT2D eigenvalue weighted by molar-refractivity contribution is 5.86. The molecule has 2 aliphatic rings. The third-order valence-electron chi connectivity index (χ3n) is 4.20. The minimum Gasteiger partial charge on any atom is -0.341 e. The van der Waals surface area contributed by atoms with Gasteiger partial charge in [0.05, 0.1) is 5.54 Å². The maximum atomic E-state index is 12.3. The highest BCUT2D eigenvalue weighted by Gasteiger charge is 2.42. The number of hydrogen-bond donors (Lipinski definition) is 1.